The zero-order valence-electron chi connectivity index (χ0n) is 10.1. The van der Waals surface area contributed by atoms with Gasteiger partial charge in [0.2, 0.25) is 5.91 Å². The Kier molecular flexibility index (Phi) is 3.34. The second kappa shape index (κ2) is 4.78. The van der Waals surface area contributed by atoms with Gasteiger partial charge in [0.05, 0.1) is 5.56 Å². The third-order valence-corrected chi connectivity index (χ3v) is 3.21. The molecule has 0 spiro atoms. The number of anilines is 1. The molecule has 0 aromatic heterocycles. The summed E-state index contributed by atoms with van der Waals surface area (Å²) in [6.07, 6.45) is 0.313. The normalized spacial score (nSPS) is 19.3. The van der Waals surface area contributed by atoms with Gasteiger partial charge in [0.25, 0.3) is 0 Å². The number of hydrogen-bond donors (Lipinski definition) is 2. The SMILES string of the molecule is Cc1ccc(C(=O)O)cc1N1CC(CO)CC1=O. The van der Waals surface area contributed by atoms with Gasteiger partial charge in [-0.05, 0) is 24.6 Å². The van der Waals surface area contributed by atoms with Crippen LogP contribution in [0.4, 0.5) is 5.69 Å². The van der Waals surface area contributed by atoms with E-state index in [0.717, 1.165) is 5.56 Å². The molecule has 5 nitrogen and oxygen atoms in total. The number of nitrogens with zero attached hydrogens (tertiary/aromatic N) is 1. The van der Waals surface area contributed by atoms with Crippen LogP contribution >= 0.6 is 0 Å². The molecule has 0 aliphatic carbocycles. The van der Waals surface area contributed by atoms with Gasteiger partial charge in [0.15, 0.2) is 0 Å². The van der Waals surface area contributed by atoms with Crippen molar-refractivity contribution in [3.8, 4) is 0 Å². The van der Waals surface area contributed by atoms with Gasteiger partial charge in [-0.1, -0.05) is 6.07 Å². The van der Waals surface area contributed by atoms with Crippen molar-refractivity contribution in [1.29, 1.82) is 0 Å². The third-order valence-electron chi connectivity index (χ3n) is 3.21. The molecule has 5 heteroatoms. The average Bonchev–Trinajstić information content (AvgIpc) is 2.71. The molecule has 1 aromatic rings. The molecule has 18 heavy (non-hydrogen) atoms. The molecule has 0 radical (unpaired) electrons. The summed E-state index contributed by atoms with van der Waals surface area (Å²) in [5.41, 5.74) is 1.64. The van der Waals surface area contributed by atoms with Crippen molar-refractivity contribution < 1.29 is 19.8 Å². The fourth-order valence-electron chi connectivity index (χ4n) is 2.17. The molecule has 1 amide bonds. The molecule has 1 aromatic carbocycles. The molecule has 1 aliphatic heterocycles. The van der Waals surface area contributed by atoms with E-state index in [1.807, 2.05) is 6.92 Å². The van der Waals surface area contributed by atoms with Crippen LogP contribution in [0.25, 0.3) is 0 Å². The number of benzene rings is 1. The van der Waals surface area contributed by atoms with Gasteiger partial charge in [0, 0.05) is 31.2 Å². The topological polar surface area (TPSA) is 77.8 Å². The number of carboxylic acid groups (broad SMARTS) is 1. The molecular formula is C13H15NO4. The number of aryl methyl sites for hydroxylation is 1. The van der Waals surface area contributed by atoms with E-state index in [9.17, 15) is 9.59 Å². The predicted octanol–water partition coefficient (Wildman–Crippen LogP) is 1.04. The van der Waals surface area contributed by atoms with Crippen molar-refractivity contribution in [3.63, 3.8) is 0 Å². The average molecular weight is 249 g/mol. The molecule has 0 bridgehead atoms. The molecule has 1 fully saturated rings. The second-order valence-electron chi connectivity index (χ2n) is 4.56. The summed E-state index contributed by atoms with van der Waals surface area (Å²) in [6, 6.07) is 4.72. The summed E-state index contributed by atoms with van der Waals surface area (Å²) >= 11 is 0. The first-order valence-corrected chi connectivity index (χ1v) is 5.78. The van der Waals surface area contributed by atoms with Crippen molar-refractivity contribution in [2.75, 3.05) is 18.1 Å². The van der Waals surface area contributed by atoms with Crippen LogP contribution in [0, 0.1) is 12.8 Å². The van der Waals surface area contributed by atoms with Crippen LogP contribution in [0.2, 0.25) is 0 Å². The van der Waals surface area contributed by atoms with Crippen molar-refractivity contribution in [2.45, 2.75) is 13.3 Å². The van der Waals surface area contributed by atoms with Gasteiger partial charge in [0.1, 0.15) is 0 Å². The number of aromatic carboxylic acids is 1. The summed E-state index contributed by atoms with van der Waals surface area (Å²) in [5, 5.41) is 18.1. The third kappa shape index (κ3) is 2.22. The van der Waals surface area contributed by atoms with Crippen molar-refractivity contribution in [2.24, 2.45) is 5.92 Å². The van der Waals surface area contributed by atoms with Gasteiger partial charge in [-0.2, -0.15) is 0 Å². The number of carboxylic acids is 1. The van der Waals surface area contributed by atoms with Gasteiger partial charge in [-0.3, -0.25) is 4.79 Å². The predicted molar refractivity (Wildman–Crippen MR) is 65.7 cm³/mol. The monoisotopic (exact) mass is 249 g/mol. The van der Waals surface area contributed by atoms with E-state index in [1.54, 1.807) is 11.0 Å². The Balaban J connectivity index is 2.35. The summed E-state index contributed by atoms with van der Waals surface area (Å²) in [7, 11) is 0. The first-order chi connectivity index (χ1) is 8.52. The Morgan fingerprint density at radius 2 is 2.22 bits per heavy atom. The molecule has 1 saturated heterocycles. The quantitative estimate of drug-likeness (QED) is 0.839. The standard InChI is InChI=1S/C13H15NO4/c1-8-2-3-10(13(17)18)5-11(8)14-6-9(7-15)4-12(14)16/h2-3,5,9,15H,4,6-7H2,1H3,(H,17,18). The lowest BCUT2D eigenvalue weighted by Crippen LogP contribution is -2.26. The van der Waals surface area contributed by atoms with E-state index in [4.69, 9.17) is 10.2 Å². The second-order valence-corrected chi connectivity index (χ2v) is 4.56. The molecule has 1 aliphatic rings. The Hall–Kier alpha value is -1.88. The summed E-state index contributed by atoms with van der Waals surface area (Å²) in [5.74, 6) is -1.15. The number of carbonyl (C=O) groups is 2. The van der Waals surface area contributed by atoms with Crippen molar-refractivity contribution in [3.05, 3.63) is 29.3 Å². The first kappa shape index (κ1) is 12.6. The molecular weight excluding hydrogens is 234 g/mol. The number of aliphatic hydroxyl groups is 1. The van der Waals surface area contributed by atoms with Gasteiger partial charge in [-0.25, -0.2) is 4.79 Å². The number of aliphatic hydroxyl groups excluding tert-OH is 1. The lowest BCUT2D eigenvalue weighted by molar-refractivity contribution is -0.117. The molecule has 96 valence electrons. The van der Waals surface area contributed by atoms with Crippen LogP contribution < -0.4 is 4.90 Å². The zero-order chi connectivity index (χ0) is 13.3. The number of amides is 1. The molecule has 1 atom stereocenters. The maximum Gasteiger partial charge on any atom is 0.335 e. The van der Waals surface area contributed by atoms with Crippen LogP contribution in [0.3, 0.4) is 0 Å². The van der Waals surface area contributed by atoms with Crippen LogP contribution in [0.5, 0.6) is 0 Å². The van der Waals surface area contributed by atoms with E-state index in [1.165, 1.54) is 12.1 Å². The fourth-order valence-corrected chi connectivity index (χ4v) is 2.17. The van der Waals surface area contributed by atoms with Crippen LogP contribution in [0.15, 0.2) is 18.2 Å². The zero-order valence-corrected chi connectivity index (χ0v) is 10.1. The lowest BCUT2D eigenvalue weighted by atomic mass is 10.1. The maximum absolute atomic E-state index is 11.8. The Bertz CT molecular complexity index is 498. The molecule has 1 unspecified atom stereocenters. The van der Waals surface area contributed by atoms with Gasteiger partial charge >= 0.3 is 5.97 Å². The summed E-state index contributed by atoms with van der Waals surface area (Å²) in [6.45, 7) is 2.25. The Labute approximate surface area is 105 Å². The van der Waals surface area contributed by atoms with E-state index in [2.05, 4.69) is 0 Å². The molecule has 0 saturated carbocycles. The van der Waals surface area contributed by atoms with E-state index >= 15 is 0 Å². The van der Waals surface area contributed by atoms with Crippen LogP contribution in [-0.4, -0.2) is 35.2 Å². The van der Waals surface area contributed by atoms with Gasteiger partial charge in [-0.15, -0.1) is 0 Å². The highest BCUT2D eigenvalue weighted by atomic mass is 16.4. The molecule has 2 N–H and O–H groups in total. The molecule has 2 rings (SSSR count). The number of rotatable bonds is 3. The fraction of sp³-hybridized carbons (Fsp3) is 0.385. The Morgan fingerprint density at radius 3 is 2.78 bits per heavy atom. The minimum Gasteiger partial charge on any atom is -0.478 e. The van der Waals surface area contributed by atoms with Gasteiger partial charge < -0.3 is 15.1 Å². The number of hydrogen-bond acceptors (Lipinski definition) is 3. The summed E-state index contributed by atoms with van der Waals surface area (Å²) < 4.78 is 0. The lowest BCUT2D eigenvalue weighted by Gasteiger charge is -2.19. The highest BCUT2D eigenvalue weighted by Gasteiger charge is 2.31. The minimum absolute atomic E-state index is 0.0279. The van der Waals surface area contributed by atoms with Crippen LogP contribution in [0.1, 0.15) is 22.3 Å². The first-order valence-electron chi connectivity index (χ1n) is 5.78. The summed E-state index contributed by atoms with van der Waals surface area (Å²) in [4.78, 5) is 24.3. The van der Waals surface area contributed by atoms with Crippen molar-refractivity contribution in [1.82, 2.24) is 0 Å². The molecule has 1 heterocycles. The highest BCUT2D eigenvalue weighted by Crippen LogP contribution is 2.28. The largest absolute Gasteiger partial charge is 0.478 e. The Morgan fingerprint density at radius 1 is 1.50 bits per heavy atom. The van der Waals surface area contributed by atoms with E-state index in [-0.39, 0.29) is 24.0 Å². The van der Waals surface area contributed by atoms with E-state index in [0.29, 0.717) is 18.7 Å². The number of carbonyl (C=O) groups excluding carboxylic acids is 1. The van der Waals surface area contributed by atoms with E-state index < -0.39 is 5.97 Å². The highest BCUT2D eigenvalue weighted by molar-refractivity contribution is 5.98. The van der Waals surface area contributed by atoms with Crippen LogP contribution in [-0.2, 0) is 4.79 Å². The minimum atomic E-state index is -1.01. The smallest absolute Gasteiger partial charge is 0.335 e. The maximum atomic E-state index is 11.8. The van der Waals surface area contributed by atoms with Crippen molar-refractivity contribution >= 4 is 17.6 Å².